The summed E-state index contributed by atoms with van der Waals surface area (Å²) < 4.78 is 6.49. The van der Waals surface area contributed by atoms with Crippen molar-refractivity contribution in [3.05, 3.63) is 35.9 Å². The number of hydrogen-bond donors (Lipinski definition) is 0. The molecule has 0 N–H and O–H groups in total. The van der Waals surface area contributed by atoms with Crippen molar-refractivity contribution < 1.29 is 4.43 Å². The molecule has 2 heteroatoms. The van der Waals surface area contributed by atoms with Crippen molar-refractivity contribution >= 4 is 8.32 Å². The zero-order chi connectivity index (χ0) is 13.8. The van der Waals surface area contributed by atoms with Gasteiger partial charge >= 0.3 is 0 Å². The maximum atomic E-state index is 6.49. The highest BCUT2D eigenvalue weighted by atomic mass is 28.4. The van der Waals surface area contributed by atoms with Crippen LogP contribution in [0.4, 0.5) is 0 Å². The fourth-order valence-electron chi connectivity index (χ4n) is 2.39. The molecule has 102 valence electrons. The highest BCUT2D eigenvalue weighted by Gasteiger charge is 2.32. The van der Waals surface area contributed by atoms with E-state index >= 15 is 0 Å². The second-order valence-corrected chi connectivity index (χ2v) is 10.9. The molecule has 0 aliphatic carbocycles. The zero-order valence-corrected chi connectivity index (χ0v) is 13.8. The molecule has 1 atom stereocenters. The topological polar surface area (TPSA) is 9.23 Å². The summed E-state index contributed by atoms with van der Waals surface area (Å²) in [6.07, 6.45) is 1.46. The first-order chi connectivity index (χ1) is 8.24. The van der Waals surface area contributed by atoms with E-state index in [2.05, 4.69) is 71.1 Å². The SMILES string of the molecule is CCC(O[Si](C)(C)Cc1ccccc1)C(C)(C)C. The van der Waals surface area contributed by atoms with Gasteiger partial charge in [-0.3, -0.25) is 0 Å². The minimum absolute atomic E-state index is 0.232. The Labute approximate surface area is 114 Å². The van der Waals surface area contributed by atoms with Crippen molar-refractivity contribution in [3.8, 4) is 0 Å². The summed E-state index contributed by atoms with van der Waals surface area (Å²) in [5.41, 5.74) is 1.63. The summed E-state index contributed by atoms with van der Waals surface area (Å²) in [5, 5.41) is 0. The molecule has 0 saturated heterocycles. The van der Waals surface area contributed by atoms with Crippen LogP contribution in [0.1, 0.15) is 39.7 Å². The maximum Gasteiger partial charge on any atom is 0.191 e. The van der Waals surface area contributed by atoms with Crippen molar-refractivity contribution in [1.29, 1.82) is 0 Å². The Morgan fingerprint density at radius 2 is 1.67 bits per heavy atom. The Balaban J connectivity index is 2.69. The normalized spacial score (nSPS) is 14.6. The molecule has 0 heterocycles. The van der Waals surface area contributed by atoms with Gasteiger partial charge < -0.3 is 4.43 Å². The smallest absolute Gasteiger partial charge is 0.191 e. The summed E-state index contributed by atoms with van der Waals surface area (Å²) in [4.78, 5) is 0. The van der Waals surface area contributed by atoms with E-state index < -0.39 is 8.32 Å². The minimum atomic E-state index is -1.64. The molecule has 0 fully saturated rings. The second-order valence-electron chi connectivity index (χ2n) is 6.80. The quantitative estimate of drug-likeness (QED) is 0.693. The van der Waals surface area contributed by atoms with E-state index in [9.17, 15) is 0 Å². The lowest BCUT2D eigenvalue weighted by Crippen LogP contribution is -2.43. The van der Waals surface area contributed by atoms with Crippen molar-refractivity contribution in [1.82, 2.24) is 0 Å². The van der Waals surface area contributed by atoms with Gasteiger partial charge in [-0.2, -0.15) is 0 Å². The van der Waals surface area contributed by atoms with E-state index in [4.69, 9.17) is 4.43 Å². The van der Waals surface area contributed by atoms with Crippen LogP contribution in [0.5, 0.6) is 0 Å². The Bertz CT molecular complexity index is 351. The van der Waals surface area contributed by atoms with E-state index in [1.165, 1.54) is 5.56 Å². The average Bonchev–Trinajstić information content (AvgIpc) is 2.25. The highest BCUT2D eigenvalue weighted by Crippen LogP contribution is 2.28. The van der Waals surface area contributed by atoms with Crippen LogP contribution in [-0.4, -0.2) is 14.4 Å². The molecule has 0 saturated carbocycles. The first-order valence-corrected chi connectivity index (χ1v) is 10.1. The Morgan fingerprint density at radius 3 is 2.11 bits per heavy atom. The summed E-state index contributed by atoms with van der Waals surface area (Å²) in [7, 11) is -1.64. The molecule has 0 aromatic heterocycles. The molecule has 1 nitrogen and oxygen atoms in total. The van der Waals surface area contributed by atoms with Gasteiger partial charge in [0.05, 0.1) is 0 Å². The zero-order valence-electron chi connectivity index (χ0n) is 12.8. The number of hydrogen-bond acceptors (Lipinski definition) is 1. The molecule has 0 spiro atoms. The minimum Gasteiger partial charge on any atom is -0.414 e. The molecular weight excluding hydrogens is 236 g/mol. The Hall–Kier alpha value is -0.603. The predicted molar refractivity (Wildman–Crippen MR) is 82.2 cm³/mol. The molecule has 1 aromatic rings. The summed E-state index contributed by atoms with van der Waals surface area (Å²) in [5.74, 6) is 0. The van der Waals surface area contributed by atoms with Gasteiger partial charge in [-0.05, 0) is 36.5 Å². The first-order valence-electron chi connectivity index (χ1n) is 6.96. The molecule has 0 bridgehead atoms. The summed E-state index contributed by atoms with van der Waals surface area (Å²) in [6, 6.07) is 11.8. The molecule has 0 radical (unpaired) electrons. The van der Waals surface area contributed by atoms with E-state index in [0.29, 0.717) is 6.10 Å². The van der Waals surface area contributed by atoms with Crippen molar-refractivity contribution in [2.45, 2.75) is 59.4 Å². The second kappa shape index (κ2) is 6.03. The standard InChI is InChI=1S/C16H28OSi/c1-7-15(16(2,3)4)17-18(5,6)13-14-11-9-8-10-12-14/h8-12,15H,7,13H2,1-6H3. The van der Waals surface area contributed by atoms with Crippen LogP contribution < -0.4 is 0 Å². The molecular formula is C16H28OSi. The molecule has 1 unspecified atom stereocenters. The average molecular weight is 264 g/mol. The number of rotatable bonds is 5. The summed E-state index contributed by atoms with van der Waals surface area (Å²) >= 11 is 0. The van der Waals surface area contributed by atoms with Gasteiger partial charge in [0.2, 0.25) is 0 Å². The summed E-state index contributed by atoms with van der Waals surface area (Å²) in [6.45, 7) is 13.7. The van der Waals surface area contributed by atoms with Gasteiger partial charge in [0, 0.05) is 6.10 Å². The third-order valence-corrected chi connectivity index (χ3v) is 5.45. The van der Waals surface area contributed by atoms with Gasteiger partial charge in [0.1, 0.15) is 0 Å². The lowest BCUT2D eigenvalue weighted by molar-refractivity contribution is 0.0747. The van der Waals surface area contributed by atoms with E-state index in [1.807, 2.05) is 0 Å². The molecule has 0 aliphatic rings. The molecule has 0 amide bonds. The Kier molecular flexibility index (Phi) is 5.17. The van der Waals surface area contributed by atoms with Crippen molar-refractivity contribution in [2.75, 3.05) is 0 Å². The van der Waals surface area contributed by atoms with E-state index in [1.54, 1.807) is 0 Å². The maximum absolute atomic E-state index is 6.49. The van der Waals surface area contributed by atoms with Gasteiger partial charge in [-0.1, -0.05) is 58.0 Å². The third kappa shape index (κ3) is 4.95. The van der Waals surface area contributed by atoms with Crippen LogP contribution in [0.15, 0.2) is 30.3 Å². The largest absolute Gasteiger partial charge is 0.414 e. The Morgan fingerprint density at radius 1 is 1.11 bits per heavy atom. The molecule has 1 rings (SSSR count). The molecule has 1 aromatic carbocycles. The first kappa shape index (κ1) is 15.5. The molecule has 18 heavy (non-hydrogen) atoms. The fraction of sp³-hybridized carbons (Fsp3) is 0.625. The highest BCUT2D eigenvalue weighted by molar-refractivity contribution is 6.70. The molecule has 0 aliphatic heterocycles. The number of benzene rings is 1. The van der Waals surface area contributed by atoms with Crippen molar-refractivity contribution in [3.63, 3.8) is 0 Å². The van der Waals surface area contributed by atoms with E-state index in [0.717, 1.165) is 12.5 Å². The van der Waals surface area contributed by atoms with Crippen molar-refractivity contribution in [2.24, 2.45) is 5.41 Å². The van der Waals surface area contributed by atoms with E-state index in [-0.39, 0.29) is 5.41 Å². The predicted octanol–water partition coefficient (Wildman–Crippen LogP) is 4.81. The monoisotopic (exact) mass is 264 g/mol. The lowest BCUT2D eigenvalue weighted by Gasteiger charge is -2.37. The van der Waals surface area contributed by atoms with Crippen LogP contribution >= 0.6 is 0 Å². The van der Waals surface area contributed by atoms with Crippen LogP contribution in [-0.2, 0) is 10.5 Å². The van der Waals surface area contributed by atoms with Crippen LogP contribution in [0.25, 0.3) is 0 Å². The van der Waals surface area contributed by atoms with Gasteiger partial charge in [0.25, 0.3) is 0 Å². The van der Waals surface area contributed by atoms with Crippen LogP contribution in [0, 0.1) is 5.41 Å². The fourth-order valence-corrected chi connectivity index (χ4v) is 4.98. The van der Waals surface area contributed by atoms with Gasteiger partial charge in [-0.15, -0.1) is 0 Å². The lowest BCUT2D eigenvalue weighted by atomic mass is 9.88. The van der Waals surface area contributed by atoms with Crippen LogP contribution in [0.2, 0.25) is 13.1 Å². The van der Waals surface area contributed by atoms with Gasteiger partial charge in [-0.25, -0.2) is 0 Å². The third-order valence-electron chi connectivity index (χ3n) is 3.27. The van der Waals surface area contributed by atoms with Crippen LogP contribution in [0.3, 0.4) is 0 Å². The van der Waals surface area contributed by atoms with Gasteiger partial charge in [0.15, 0.2) is 8.32 Å².